The minimum Gasteiger partial charge on any atom is -0.497 e. The van der Waals surface area contributed by atoms with Crippen molar-refractivity contribution >= 4 is 45.9 Å². The number of nitrogens with one attached hydrogen (secondary N) is 1. The van der Waals surface area contributed by atoms with Gasteiger partial charge in [-0.1, -0.05) is 11.6 Å². The molecule has 0 aliphatic rings. The van der Waals surface area contributed by atoms with Gasteiger partial charge < -0.3 is 19.4 Å². The Bertz CT molecular complexity index is 1100. The number of hydrogen-bond acceptors (Lipinski definition) is 5. The fraction of sp³-hybridized carbons (Fsp3) is 0.200. The lowest BCUT2D eigenvalue weighted by atomic mass is 10.2. The third-order valence-electron chi connectivity index (χ3n) is 4.21. The molecule has 0 spiro atoms. The zero-order valence-electron chi connectivity index (χ0n) is 15.6. The lowest BCUT2D eigenvalue weighted by molar-refractivity contribution is -0.113. The van der Waals surface area contributed by atoms with Crippen LogP contribution in [0.25, 0.3) is 10.9 Å². The van der Waals surface area contributed by atoms with E-state index < -0.39 is 0 Å². The van der Waals surface area contributed by atoms with Crippen LogP contribution in [0.3, 0.4) is 0 Å². The lowest BCUT2D eigenvalue weighted by Gasteiger charge is -2.12. The van der Waals surface area contributed by atoms with Crippen molar-refractivity contribution in [2.75, 3.05) is 25.3 Å². The molecule has 0 aliphatic carbocycles. The predicted molar refractivity (Wildman–Crippen MR) is 113 cm³/mol. The Kier molecular flexibility index (Phi) is 6.16. The highest BCUT2D eigenvalue weighted by Crippen LogP contribution is 2.31. The van der Waals surface area contributed by atoms with E-state index in [2.05, 4.69) is 5.32 Å². The van der Waals surface area contributed by atoms with Crippen LogP contribution in [-0.2, 0) is 11.8 Å². The van der Waals surface area contributed by atoms with Crippen LogP contribution in [0.2, 0.25) is 5.02 Å². The van der Waals surface area contributed by atoms with E-state index in [0.29, 0.717) is 27.1 Å². The SMILES string of the molecule is COc1ccc(NC(=O)CSc2cc(=O)n(C)c3ccc(Cl)cc23)c(OC)c1. The van der Waals surface area contributed by atoms with E-state index in [1.54, 1.807) is 55.1 Å². The summed E-state index contributed by atoms with van der Waals surface area (Å²) in [5.74, 6) is 1.05. The number of thioether (sulfide) groups is 1. The number of carbonyl (C=O) groups excluding carboxylic acids is 1. The first-order valence-electron chi connectivity index (χ1n) is 8.37. The summed E-state index contributed by atoms with van der Waals surface area (Å²) in [7, 11) is 4.79. The Labute approximate surface area is 171 Å². The molecule has 3 aromatic rings. The topological polar surface area (TPSA) is 69.6 Å². The number of halogens is 1. The summed E-state index contributed by atoms with van der Waals surface area (Å²) in [6.45, 7) is 0. The number of aromatic nitrogens is 1. The molecule has 3 rings (SSSR count). The van der Waals surface area contributed by atoms with Crippen LogP contribution in [-0.4, -0.2) is 30.4 Å². The first kappa shape index (κ1) is 20.1. The smallest absolute Gasteiger partial charge is 0.251 e. The Balaban J connectivity index is 1.79. The Hall–Kier alpha value is -2.64. The quantitative estimate of drug-likeness (QED) is 0.614. The van der Waals surface area contributed by atoms with Gasteiger partial charge in [-0.25, -0.2) is 0 Å². The molecule has 0 fully saturated rings. The number of benzene rings is 2. The van der Waals surface area contributed by atoms with Crippen molar-refractivity contribution in [3.8, 4) is 11.5 Å². The lowest BCUT2D eigenvalue weighted by Crippen LogP contribution is -2.17. The van der Waals surface area contributed by atoms with Gasteiger partial charge in [0.2, 0.25) is 5.91 Å². The molecule has 0 saturated carbocycles. The maximum Gasteiger partial charge on any atom is 0.251 e. The zero-order chi connectivity index (χ0) is 20.3. The molecule has 0 bridgehead atoms. The van der Waals surface area contributed by atoms with E-state index in [0.717, 1.165) is 10.9 Å². The molecule has 1 N–H and O–H groups in total. The van der Waals surface area contributed by atoms with E-state index in [1.165, 1.54) is 24.9 Å². The molecule has 0 aliphatic heterocycles. The molecule has 0 radical (unpaired) electrons. The summed E-state index contributed by atoms with van der Waals surface area (Å²) >= 11 is 7.39. The average molecular weight is 419 g/mol. The summed E-state index contributed by atoms with van der Waals surface area (Å²) in [6, 6.07) is 12.0. The van der Waals surface area contributed by atoms with Gasteiger partial charge in [0.1, 0.15) is 11.5 Å². The van der Waals surface area contributed by atoms with Crippen LogP contribution in [0.4, 0.5) is 5.69 Å². The molecule has 1 aromatic heterocycles. The van der Waals surface area contributed by atoms with E-state index in [1.807, 2.05) is 0 Å². The highest BCUT2D eigenvalue weighted by Gasteiger charge is 2.12. The predicted octanol–water partition coefficient (Wildman–Crippen LogP) is 3.94. The van der Waals surface area contributed by atoms with E-state index in [4.69, 9.17) is 21.1 Å². The number of methoxy groups -OCH3 is 2. The molecule has 0 atom stereocenters. The molecule has 1 amide bonds. The molecule has 8 heteroatoms. The third-order valence-corrected chi connectivity index (χ3v) is 5.50. The second-order valence-corrected chi connectivity index (χ2v) is 7.42. The number of pyridine rings is 1. The maximum atomic E-state index is 12.4. The fourth-order valence-electron chi connectivity index (χ4n) is 2.75. The molecule has 1 heterocycles. The second kappa shape index (κ2) is 8.58. The van der Waals surface area contributed by atoms with Crippen LogP contribution in [0.5, 0.6) is 11.5 Å². The van der Waals surface area contributed by atoms with Crippen molar-refractivity contribution in [3.63, 3.8) is 0 Å². The first-order chi connectivity index (χ1) is 13.4. The maximum absolute atomic E-state index is 12.4. The van der Waals surface area contributed by atoms with Crippen LogP contribution < -0.4 is 20.3 Å². The van der Waals surface area contributed by atoms with Gasteiger partial charge in [-0.2, -0.15) is 0 Å². The van der Waals surface area contributed by atoms with E-state index >= 15 is 0 Å². The minimum absolute atomic E-state index is 0.129. The average Bonchev–Trinajstić information content (AvgIpc) is 2.69. The minimum atomic E-state index is -0.218. The van der Waals surface area contributed by atoms with Crippen molar-refractivity contribution in [1.82, 2.24) is 4.57 Å². The highest BCUT2D eigenvalue weighted by molar-refractivity contribution is 8.00. The number of amides is 1. The second-order valence-electron chi connectivity index (χ2n) is 5.97. The normalized spacial score (nSPS) is 10.7. The molecule has 6 nitrogen and oxygen atoms in total. The number of anilines is 1. The molecular formula is C20H19ClN2O4S. The summed E-state index contributed by atoms with van der Waals surface area (Å²) < 4.78 is 12.0. The highest BCUT2D eigenvalue weighted by atomic mass is 35.5. The van der Waals surface area contributed by atoms with Crippen molar-refractivity contribution in [2.45, 2.75) is 4.90 Å². The van der Waals surface area contributed by atoms with Gasteiger partial charge in [0, 0.05) is 34.5 Å². The van der Waals surface area contributed by atoms with Gasteiger partial charge in [-0.05, 0) is 30.3 Å². The van der Waals surface area contributed by atoms with Crippen LogP contribution in [0.15, 0.2) is 52.2 Å². The number of nitrogens with zero attached hydrogens (tertiary/aromatic N) is 1. The molecule has 0 saturated heterocycles. The van der Waals surface area contributed by atoms with Gasteiger partial charge in [-0.3, -0.25) is 9.59 Å². The Morgan fingerprint density at radius 3 is 2.64 bits per heavy atom. The number of ether oxygens (including phenoxy) is 2. The molecular weight excluding hydrogens is 400 g/mol. The number of carbonyl (C=O) groups is 1. The fourth-order valence-corrected chi connectivity index (χ4v) is 3.79. The van der Waals surface area contributed by atoms with Gasteiger partial charge in [0.25, 0.3) is 5.56 Å². The first-order valence-corrected chi connectivity index (χ1v) is 9.73. The Morgan fingerprint density at radius 2 is 1.93 bits per heavy atom. The van der Waals surface area contributed by atoms with Crippen LogP contribution in [0.1, 0.15) is 0 Å². The molecule has 146 valence electrons. The molecule has 2 aromatic carbocycles. The van der Waals surface area contributed by atoms with E-state index in [-0.39, 0.29) is 17.2 Å². The number of aryl methyl sites for hydroxylation is 1. The van der Waals surface area contributed by atoms with E-state index in [9.17, 15) is 9.59 Å². The summed E-state index contributed by atoms with van der Waals surface area (Å²) in [5, 5.41) is 4.22. The van der Waals surface area contributed by atoms with Crippen LogP contribution >= 0.6 is 23.4 Å². The van der Waals surface area contributed by atoms with Crippen molar-refractivity contribution in [2.24, 2.45) is 7.05 Å². The zero-order valence-corrected chi connectivity index (χ0v) is 17.2. The van der Waals surface area contributed by atoms with Crippen molar-refractivity contribution < 1.29 is 14.3 Å². The summed E-state index contributed by atoms with van der Waals surface area (Å²) in [6.07, 6.45) is 0. The van der Waals surface area contributed by atoms with Gasteiger partial charge in [0.05, 0.1) is 31.2 Å². The standard InChI is InChI=1S/C20H19ClN2O4S/c1-23-16-7-4-12(21)8-14(16)18(10-20(23)25)28-11-19(24)22-15-6-5-13(26-2)9-17(15)27-3/h4-10H,11H2,1-3H3,(H,22,24). The van der Waals surface area contributed by atoms with Gasteiger partial charge in [-0.15, -0.1) is 11.8 Å². The number of fused-ring (bicyclic) bond motifs is 1. The third kappa shape index (κ3) is 4.26. The Morgan fingerprint density at radius 1 is 1.14 bits per heavy atom. The number of rotatable bonds is 6. The van der Waals surface area contributed by atoms with Gasteiger partial charge >= 0.3 is 0 Å². The monoisotopic (exact) mass is 418 g/mol. The largest absolute Gasteiger partial charge is 0.497 e. The molecule has 0 unspecified atom stereocenters. The summed E-state index contributed by atoms with van der Waals surface area (Å²) in [5.41, 5.74) is 1.16. The number of hydrogen-bond donors (Lipinski definition) is 1. The van der Waals surface area contributed by atoms with Crippen molar-refractivity contribution in [3.05, 3.63) is 57.8 Å². The van der Waals surface area contributed by atoms with Gasteiger partial charge in [0.15, 0.2) is 0 Å². The summed E-state index contributed by atoms with van der Waals surface area (Å²) in [4.78, 5) is 25.3. The molecule has 28 heavy (non-hydrogen) atoms. The van der Waals surface area contributed by atoms with Crippen LogP contribution in [0, 0.1) is 0 Å². The van der Waals surface area contributed by atoms with Crippen molar-refractivity contribution in [1.29, 1.82) is 0 Å².